The standard InChI is InChI=1S/C19H34N6O/c1-14(2)18-15(11-24(5)22-18)10-23(4)19(20-3)21-9-17-12-25-8-6-7-16(25)13-26-17/h11,14,16-17H,6-10,12-13H2,1-5H3,(H,20,21). The summed E-state index contributed by atoms with van der Waals surface area (Å²) in [5, 5.41) is 8.09. The van der Waals surface area contributed by atoms with Crippen molar-refractivity contribution >= 4 is 5.96 Å². The van der Waals surface area contributed by atoms with Crippen LogP contribution < -0.4 is 5.32 Å². The summed E-state index contributed by atoms with van der Waals surface area (Å²) in [6.07, 6.45) is 4.94. The van der Waals surface area contributed by atoms with Gasteiger partial charge in [-0.05, 0) is 25.3 Å². The maximum absolute atomic E-state index is 6.05. The van der Waals surface area contributed by atoms with Crippen LogP contribution in [0.2, 0.25) is 0 Å². The van der Waals surface area contributed by atoms with Gasteiger partial charge < -0.3 is 15.0 Å². The molecule has 7 nitrogen and oxygen atoms in total. The number of fused-ring (bicyclic) bond motifs is 1. The van der Waals surface area contributed by atoms with Gasteiger partial charge in [-0.15, -0.1) is 0 Å². The second-order valence-electron chi connectivity index (χ2n) is 7.90. The number of aryl methyl sites for hydroxylation is 1. The number of aromatic nitrogens is 2. The SMILES string of the molecule is CN=C(NCC1CN2CCCC2CO1)N(C)Cc1cn(C)nc1C(C)C. The lowest BCUT2D eigenvalue weighted by Gasteiger charge is -2.35. The first-order valence-electron chi connectivity index (χ1n) is 9.77. The molecule has 2 fully saturated rings. The summed E-state index contributed by atoms with van der Waals surface area (Å²) in [5.41, 5.74) is 2.41. The Balaban J connectivity index is 1.54. The highest BCUT2D eigenvalue weighted by Gasteiger charge is 2.32. The number of nitrogens with zero attached hydrogens (tertiary/aromatic N) is 5. The lowest BCUT2D eigenvalue weighted by atomic mass is 10.1. The molecule has 1 aromatic heterocycles. The number of ether oxygens (including phenoxy) is 1. The number of morpholine rings is 1. The fourth-order valence-electron chi connectivity index (χ4n) is 4.09. The number of nitrogens with one attached hydrogen (secondary N) is 1. The topological polar surface area (TPSA) is 57.9 Å². The van der Waals surface area contributed by atoms with Crippen molar-refractivity contribution in [2.75, 3.05) is 40.3 Å². The lowest BCUT2D eigenvalue weighted by molar-refractivity contribution is -0.0454. The summed E-state index contributed by atoms with van der Waals surface area (Å²) in [5.74, 6) is 1.31. The summed E-state index contributed by atoms with van der Waals surface area (Å²) < 4.78 is 7.95. The fraction of sp³-hybridized carbons (Fsp3) is 0.789. The average molecular weight is 363 g/mol. The molecule has 2 saturated heterocycles. The lowest BCUT2D eigenvalue weighted by Crippen LogP contribution is -2.51. The summed E-state index contributed by atoms with van der Waals surface area (Å²) in [7, 11) is 5.89. The number of guanidine groups is 1. The molecule has 0 aromatic carbocycles. The number of hydrogen-bond acceptors (Lipinski definition) is 4. The van der Waals surface area contributed by atoms with Gasteiger partial charge in [-0.1, -0.05) is 13.8 Å². The van der Waals surface area contributed by atoms with Gasteiger partial charge in [-0.25, -0.2) is 0 Å². The number of rotatable bonds is 5. The largest absolute Gasteiger partial charge is 0.373 e. The van der Waals surface area contributed by atoms with Crippen molar-refractivity contribution in [1.29, 1.82) is 0 Å². The van der Waals surface area contributed by atoms with E-state index in [1.165, 1.54) is 24.9 Å². The quantitative estimate of drug-likeness (QED) is 0.634. The van der Waals surface area contributed by atoms with E-state index in [1.54, 1.807) is 0 Å². The van der Waals surface area contributed by atoms with Crippen LogP contribution in [0.15, 0.2) is 11.2 Å². The summed E-state index contributed by atoms with van der Waals surface area (Å²) in [4.78, 5) is 9.18. The first kappa shape index (κ1) is 19.2. The summed E-state index contributed by atoms with van der Waals surface area (Å²) >= 11 is 0. The fourth-order valence-corrected chi connectivity index (χ4v) is 4.09. The van der Waals surface area contributed by atoms with Gasteiger partial charge in [0.2, 0.25) is 0 Å². The predicted octanol–water partition coefficient (Wildman–Crippen LogP) is 1.41. The highest BCUT2D eigenvalue weighted by atomic mass is 16.5. The van der Waals surface area contributed by atoms with Gasteiger partial charge in [-0.3, -0.25) is 14.6 Å². The van der Waals surface area contributed by atoms with E-state index in [0.29, 0.717) is 12.0 Å². The Morgan fingerprint density at radius 1 is 1.50 bits per heavy atom. The highest BCUT2D eigenvalue weighted by molar-refractivity contribution is 5.79. The third-order valence-electron chi connectivity index (χ3n) is 5.41. The van der Waals surface area contributed by atoms with E-state index in [9.17, 15) is 0 Å². The molecule has 3 rings (SSSR count). The Labute approximate surface area is 157 Å². The van der Waals surface area contributed by atoms with Crippen LogP contribution in [0.1, 0.15) is 43.9 Å². The van der Waals surface area contributed by atoms with Gasteiger partial charge in [0.15, 0.2) is 5.96 Å². The Morgan fingerprint density at radius 3 is 3.04 bits per heavy atom. The van der Waals surface area contributed by atoms with E-state index >= 15 is 0 Å². The Morgan fingerprint density at radius 2 is 2.31 bits per heavy atom. The van der Waals surface area contributed by atoms with Crippen LogP contribution in [0, 0.1) is 0 Å². The smallest absolute Gasteiger partial charge is 0.193 e. The molecule has 0 aliphatic carbocycles. The minimum Gasteiger partial charge on any atom is -0.373 e. The molecule has 3 heterocycles. The molecule has 26 heavy (non-hydrogen) atoms. The molecule has 0 amide bonds. The third-order valence-corrected chi connectivity index (χ3v) is 5.41. The Hall–Kier alpha value is -1.60. The second-order valence-corrected chi connectivity index (χ2v) is 7.90. The van der Waals surface area contributed by atoms with Crippen molar-refractivity contribution in [2.45, 2.75) is 51.3 Å². The zero-order valence-corrected chi connectivity index (χ0v) is 16.9. The number of aliphatic imine (C=N–C) groups is 1. The van der Waals surface area contributed by atoms with Crippen molar-refractivity contribution in [3.05, 3.63) is 17.5 Å². The van der Waals surface area contributed by atoms with Gasteiger partial charge >= 0.3 is 0 Å². The molecule has 0 saturated carbocycles. The van der Waals surface area contributed by atoms with Crippen LogP contribution in [0.3, 0.4) is 0 Å². The van der Waals surface area contributed by atoms with Gasteiger partial charge in [-0.2, -0.15) is 5.10 Å². The van der Waals surface area contributed by atoms with Crippen molar-refractivity contribution in [2.24, 2.45) is 12.0 Å². The molecule has 0 spiro atoms. The number of hydrogen-bond donors (Lipinski definition) is 1. The van der Waals surface area contributed by atoms with Crippen LogP contribution in [-0.4, -0.2) is 78.0 Å². The monoisotopic (exact) mass is 362 g/mol. The maximum atomic E-state index is 6.05. The molecule has 7 heteroatoms. The van der Waals surface area contributed by atoms with E-state index < -0.39 is 0 Å². The molecule has 1 N–H and O–H groups in total. The summed E-state index contributed by atoms with van der Waals surface area (Å²) in [6, 6.07) is 0.647. The van der Waals surface area contributed by atoms with Gasteiger partial charge in [0.05, 0.1) is 18.4 Å². The van der Waals surface area contributed by atoms with E-state index in [2.05, 4.69) is 52.3 Å². The van der Waals surface area contributed by atoms with Crippen molar-refractivity contribution < 1.29 is 4.74 Å². The second kappa shape index (κ2) is 8.39. The molecule has 2 atom stereocenters. The molecule has 2 aliphatic rings. The molecule has 1 aromatic rings. The third kappa shape index (κ3) is 4.38. The first-order chi connectivity index (χ1) is 12.5. The van der Waals surface area contributed by atoms with Crippen LogP contribution in [-0.2, 0) is 18.3 Å². The average Bonchev–Trinajstić information content (AvgIpc) is 3.21. The maximum Gasteiger partial charge on any atom is 0.193 e. The predicted molar refractivity (Wildman–Crippen MR) is 104 cm³/mol. The Bertz CT molecular complexity index is 626. The van der Waals surface area contributed by atoms with Gasteiger partial charge in [0.25, 0.3) is 0 Å². The van der Waals surface area contributed by atoms with Crippen molar-refractivity contribution in [1.82, 2.24) is 24.9 Å². The molecule has 2 unspecified atom stereocenters. The zero-order chi connectivity index (χ0) is 18.7. The van der Waals surface area contributed by atoms with E-state index in [0.717, 1.165) is 37.9 Å². The molecule has 2 aliphatic heterocycles. The minimum atomic E-state index is 0.235. The molecular formula is C19H34N6O. The summed E-state index contributed by atoms with van der Waals surface area (Å²) in [6.45, 7) is 9.08. The van der Waals surface area contributed by atoms with Crippen molar-refractivity contribution in [3.63, 3.8) is 0 Å². The molecule has 146 valence electrons. The van der Waals surface area contributed by atoms with Crippen LogP contribution in [0.25, 0.3) is 0 Å². The van der Waals surface area contributed by atoms with E-state index in [4.69, 9.17) is 4.74 Å². The zero-order valence-electron chi connectivity index (χ0n) is 16.9. The molecular weight excluding hydrogens is 328 g/mol. The van der Waals surface area contributed by atoms with Crippen LogP contribution in [0.5, 0.6) is 0 Å². The highest BCUT2D eigenvalue weighted by Crippen LogP contribution is 2.22. The van der Waals surface area contributed by atoms with Gasteiger partial charge in [0, 0.05) is 58.6 Å². The van der Waals surface area contributed by atoms with E-state index in [1.807, 2.05) is 18.8 Å². The minimum absolute atomic E-state index is 0.235. The van der Waals surface area contributed by atoms with Crippen LogP contribution >= 0.6 is 0 Å². The van der Waals surface area contributed by atoms with Crippen molar-refractivity contribution in [3.8, 4) is 0 Å². The normalized spacial score (nSPS) is 24.2. The van der Waals surface area contributed by atoms with E-state index in [-0.39, 0.29) is 6.10 Å². The van der Waals surface area contributed by atoms with Gasteiger partial charge in [0.1, 0.15) is 0 Å². The molecule has 0 radical (unpaired) electrons. The van der Waals surface area contributed by atoms with Crippen LogP contribution in [0.4, 0.5) is 0 Å². The first-order valence-corrected chi connectivity index (χ1v) is 9.77. The Kier molecular flexibility index (Phi) is 6.19. The molecule has 0 bridgehead atoms.